The van der Waals surface area contributed by atoms with E-state index < -0.39 is 17.1 Å². The van der Waals surface area contributed by atoms with E-state index in [2.05, 4.69) is 10.6 Å². The van der Waals surface area contributed by atoms with Crippen molar-refractivity contribution >= 4 is 46.1 Å². The van der Waals surface area contributed by atoms with Crippen LogP contribution in [0.1, 0.15) is 0 Å². The molecule has 1 aliphatic heterocycles. The van der Waals surface area contributed by atoms with E-state index in [9.17, 15) is 14.4 Å². The predicted octanol–water partition coefficient (Wildman–Crippen LogP) is 2.15. The van der Waals surface area contributed by atoms with Crippen LogP contribution in [-0.2, 0) is 9.59 Å². The van der Waals surface area contributed by atoms with Crippen LogP contribution in [0.25, 0.3) is 0 Å². The van der Waals surface area contributed by atoms with Gasteiger partial charge in [0.15, 0.2) is 0 Å². The molecule has 2 N–H and O–H groups in total. The molecule has 3 amide bonds. The Morgan fingerprint density at radius 3 is 2.78 bits per heavy atom. The largest absolute Gasteiger partial charge is 0.322 e. The quantitative estimate of drug-likeness (QED) is 0.815. The molecule has 1 fully saturated rings. The molecule has 0 radical (unpaired) electrons. The normalized spacial score (nSPS) is 16.8. The number of rotatable bonds is 2. The van der Waals surface area contributed by atoms with E-state index in [1.165, 1.54) is 0 Å². The first-order valence-electron chi connectivity index (χ1n) is 4.86. The molecule has 1 saturated heterocycles. The highest BCUT2D eigenvalue weighted by Crippen LogP contribution is 2.23. The molecule has 0 bridgehead atoms. The first-order valence-corrected chi connectivity index (χ1v) is 6.05. The van der Waals surface area contributed by atoms with Gasteiger partial charge in [-0.05, 0) is 30.0 Å². The lowest BCUT2D eigenvalue weighted by atomic mass is 10.3. The molecule has 92 valence electrons. The fourth-order valence-corrected chi connectivity index (χ4v) is 2.13. The van der Waals surface area contributed by atoms with Gasteiger partial charge in [0.25, 0.3) is 11.1 Å². The van der Waals surface area contributed by atoms with Crippen LogP contribution in [0.3, 0.4) is 0 Å². The molecule has 2 rings (SSSR count). The molecule has 1 heterocycles. The highest BCUT2D eigenvalue weighted by molar-refractivity contribution is 8.18. The number of anilines is 1. The Labute approximate surface area is 112 Å². The average molecular weight is 283 g/mol. The van der Waals surface area contributed by atoms with Crippen molar-refractivity contribution in [3.63, 3.8) is 0 Å². The molecule has 0 spiro atoms. The van der Waals surface area contributed by atoms with Gasteiger partial charge in [-0.25, -0.2) is 0 Å². The van der Waals surface area contributed by atoms with E-state index in [0.29, 0.717) is 22.5 Å². The summed E-state index contributed by atoms with van der Waals surface area (Å²) < 4.78 is 0. The summed E-state index contributed by atoms with van der Waals surface area (Å²) in [4.78, 5) is 33.8. The minimum atomic E-state index is -0.564. The van der Waals surface area contributed by atoms with Crippen molar-refractivity contribution in [1.29, 1.82) is 0 Å². The van der Waals surface area contributed by atoms with Gasteiger partial charge in [-0.15, -0.1) is 0 Å². The summed E-state index contributed by atoms with van der Waals surface area (Å²) in [6.45, 7) is 0. The topological polar surface area (TPSA) is 75.3 Å². The summed E-state index contributed by atoms with van der Waals surface area (Å²) in [6, 6.07) is 6.60. The summed E-state index contributed by atoms with van der Waals surface area (Å²) in [5, 5.41) is 4.61. The number of benzene rings is 1. The predicted molar refractivity (Wildman–Crippen MR) is 69.3 cm³/mol. The summed E-state index contributed by atoms with van der Waals surface area (Å²) >= 11 is 6.45. The van der Waals surface area contributed by atoms with Crippen LogP contribution in [0.5, 0.6) is 0 Å². The molecule has 0 saturated carbocycles. The fourth-order valence-electron chi connectivity index (χ4n) is 1.28. The van der Waals surface area contributed by atoms with Crippen molar-refractivity contribution in [3.05, 3.63) is 40.3 Å². The van der Waals surface area contributed by atoms with E-state index in [0.717, 1.165) is 6.08 Å². The number of amides is 3. The molecule has 0 atom stereocenters. The Kier molecular flexibility index (Phi) is 3.69. The third kappa shape index (κ3) is 3.12. The Balaban J connectivity index is 2.07. The van der Waals surface area contributed by atoms with Crippen molar-refractivity contribution in [1.82, 2.24) is 5.32 Å². The van der Waals surface area contributed by atoms with Crippen molar-refractivity contribution < 1.29 is 14.4 Å². The maximum absolute atomic E-state index is 11.6. The van der Waals surface area contributed by atoms with Gasteiger partial charge >= 0.3 is 0 Å². The minimum Gasteiger partial charge on any atom is -0.322 e. The van der Waals surface area contributed by atoms with Gasteiger partial charge in [-0.3, -0.25) is 19.7 Å². The standard InChI is InChI=1S/C11H7ClN2O3S/c12-6-2-1-3-7(4-6)13-9(15)5-8-10(16)14-11(17)18-8/h1-5H,(H,13,15)(H,14,16,17)/b8-5-. The molecule has 1 aliphatic rings. The van der Waals surface area contributed by atoms with E-state index in [1.54, 1.807) is 24.3 Å². The van der Waals surface area contributed by atoms with Crippen LogP contribution in [0.2, 0.25) is 5.02 Å². The van der Waals surface area contributed by atoms with Crippen LogP contribution in [0, 0.1) is 0 Å². The van der Waals surface area contributed by atoms with E-state index >= 15 is 0 Å². The molecular formula is C11H7ClN2O3S. The van der Waals surface area contributed by atoms with Crippen LogP contribution in [-0.4, -0.2) is 17.1 Å². The summed E-state index contributed by atoms with van der Waals surface area (Å²) in [6.07, 6.45) is 1.08. The number of thioether (sulfide) groups is 1. The number of hydrogen-bond acceptors (Lipinski definition) is 4. The van der Waals surface area contributed by atoms with Gasteiger partial charge in [0.05, 0.1) is 4.91 Å². The zero-order valence-corrected chi connectivity index (χ0v) is 10.5. The molecule has 0 aliphatic carbocycles. The monoisotopic (exact) mass is 282 g/mol. The molecule has 5 nitrogen and oxygen atoms in total. The molecule has 0 unspecified atom stereocenters. The first-order chi connectivity index (χ1) is 8.54. The molecule has 7 heteroatoms. The number of carbonyl (C=O) groups is 3. The van der Waals surface area contributed by atoms with Crippen LogP contribution >= 0.6 is 23.4 Å². The van der Waals surface area contributed by atoms with Crippen LogP contribution in [0.15, 0.2) is 35.2 Å². The van der Waals surface area contributed by atoms with Crippen molar-refractivity contribution in [3.8, 4) is 0 Å². The highest BCUT2D eigenvalue weighted by Gasteiger charge is 2.25. The van der Waals surface area contributed by atoms with Gasteiger partial charge in [0, 0.05) is 16.8 Å². The molecule has 18 heavy (non-hydrogen) atoms. The van der Waals surface area contributed by atoms with Crippen molar-refractivity contribution in [2.45, 2.75) is 0 Å². The molecule has 0 aromatic heterocycles. The Morgan fingerprint density at radius 2 is 2.17 bits per heavy atom. The SMILES string of the molecule is O=C(/C=C1\SC(=O)NC1=O)Nc1cccc(Cl)c1. The number of imide groups is 1. The van der Waals surface area contributed by atoms with Crippen LogP contribution in [0.4, 0.5) is 10.5 Å². The lowest BCUT2D eigenvalue weighted by Gasteiger charge is -2.02. The number of halogens is 1. The summed E-state index contributed by atoms with van der Waals surface area (Å²) in [5.74, 6) is -1.06. The highest BCUT2D eigenvalue weighted by atomic mass is 35.5. The second-order valence-electron chi connectivity index (χ2n) is 3.35. The van der Waals surface area contributed by atoms with Gasteiger partial charge in [-0.2, -0.15) is 0 Å². The Bertz CT molecular complexity index is 571. The van der Waals surface area contributed by atoms with E-state index in [1.807, 2.05) is 0 Å². The molecule has 1 aromatic rings. The van der Waals surface area contributed by atoms with Gasteiger partial charge in [0.2, 0.25) is 5.91 Å². The Morgan fingerprint density at radius 1 is 1.39 bits per heavy atom. The van der Waals surface area contributed by atoms with E-state index in [-0.39, 0.29) is 4.91 Å². The maximum atomic E-state index is 11.6. The second kappa shape index (κ2) is 5.24. The third-order valence-corrected chi connectivity index (χ3v) is 3.04. The van der Waals surface area contributed by atoms with E-state index in [4.69, 9.17) is 11.6 Å². The number of nitrogens with one attached hydrogen (secondary N) is 2. The number of hydrogen-bond donors (Lipinski definition) is 2. The first kappa shape index (κ1) is 12.7. The fraction of sp³-hybridized carbons (Fsp3) is 0. The van der Waals surface area contributed by atoms with Crippen LogP contribution < -0.4 is 10.6 Å². The van der Waals surface area contributed by atoms with Gasteiger partial charge in [0.1, 0.15) is 0 Å². The lowest BCUT2D eigenvalue weighted by molar-refractivity contribution is -0.116. The van der Waals surface area contributed by atoms with Gasteiger partial charge < -0.3 is 5.32 Å². The molecular weight excluding hydrogens is 276 g/mol. The van der Waals surface area contributed by atoms with Crippen molar-refractivity contribution in [2.24, 2.45) is 0 Å². The third-order valence-electron chi connectivity index (χ3n) is 2.00. The zero-order chi connectivity index (χ0) is 13.1. The number of carbonyl (C=O) groups excluding carboxylic acids is 3. The van der Waals surface area contributed by atoms with Gasteiger partial charge in [-0.1, -0.05) is 17.7 Å². The summed E-state index contributed by atoms with van der Waals surface area (Å²) in [5.41, 5.74) is 0.513. The average Bonchev–Trinajstić information content (AvgIpc) is 2.57. The second-order valence-corrected chi connectivity index (χ2v) is 4.80. The molecule has 1 aromatic carbocycles. The lowest BCUT2D eigenvalue weighted by Crippen LogP contribution is -2.18. The minimum absolute atomic E-state index is 0.0690. The summed E-state index contributed by atoms with van der Waals surface area (Å²) in [7, 11) is 0. The smallest absolute Gasteiger partial charge is 0.290 e. The Hall–Kier alpha value is -1.79. The zero-order valence-electron chi connectivity index (χ0n) is 8.90. The maximum Gasteiger partial charge on any atom is 0.290 e. The van der Waals surface area contributed by atoms with Crippen molar-refractivity contribution in [2.75, 3.05) is 5.32 Å².